The van der Waals surface area contributed by atoms with Crippen LogP contribution in [0.2, 0.25) is 0 Å². The zero-order valence-electron chi connectivity index (χ0n) is 10.1. The summed E-state index contributed by atoms with van der Waals surface area (Å²) in [6.07, 6.45) is 7.33. The molecule has 2 aliphatic heterocycles. The number of rotatable bonds is 1. The molecule has 1 fully saturated rings. The van der Waals surface area contributed by atoms with Crippen LogP contribution in [0.1, 0.15) is 56.0 Å². The minimum atomic E-state index is 0.657. The van der Waals surface area contributed by atoms with Crippen molar-refractivity contribution in [1.82, 2.24) is 14.9 Å². The number of hydrogen-bond acceptors (Lipinski definition) is 2. The Morgan fingerprint density at radius 3 is 2.94 bits per heavy atom. The van der Waals surface area contributed by atoms with E-state index in [4.69, 9.17) is 0 Å². The van der Waals surface area contributed by atoms with Crippen molar-refractivity contribution in [2.75, 3.05) is 13.1 Å². The standard InChI is InChI=1S/C13H21N3/c1-10-3-2-8-16-12(9-15-13(10)16)11-4-6-14-7-5-11/h9-11,14H,2-8H2,1H3. The van der Waals surface area contributed by atoms with Gasteiger partial charge in [0.15, 0.2) is 0 Å². The van der Waals surface area contributed by atoms with Gasteiger partial charge in [-0.2, -0.15) is 0 Å². The number of piperidine rings is 1. The molecule has 3 rings (SSSR count). The highest BCUT2D eigenvalue weighted by atomic mass is 15.1. The van der Waals surface area contributed by atoms with E-state index in [1.54, 1.807) is 0 Å². The molecule has 0 aliphatic carbocycles. The van der Waals surface area contributed by atoms with Crippen LogP contribution >= 0.6 is 0 Å². The second-order valence-electron chi connectivity index (χ2n) is 5.26. The molecule has 0 saturated carbocycles. The number of fused-ring (bicyclic) bond motifs is 1. The van der Waals surface area contributed by atoms with E-state index in [1.165, 1.54) is 56.8 Å². The molecule has 1 saturated heterocycles. The second-order valence-corrected chi connectivity index (χ2v) is 5.26. The molecular weight excluding hydrogens is 198 g/mol. The van der Waals surface area contributed by atoms with Gasteiger partial charge in [0, 0.05) is 30.3 Å². The third-order valence-electron chi connectivity index (χ3n) is 4.13. The normalized spacial score (nSPS) is 26.7. The van der Waals surface area contributed by atoms with Gasteiger partial charge in [0.1, 0.15) is 5.82 Å². The van der Waals surface area contributed by atoms with Crippen molar-refractivity contribution in [1.29, 1.82) is 0 Å². The van der Waals surface area contributed by atoms with E-state index in [0.717, 1.165) is 5.92 Å². The van der Waals surface area contributed by atoms with E-state index in [1.807, 2.05) is 0 Å². The lowest BCUT2D eigenvalue weighted by Gasteiger charge is -2.27. The number of aromatic nitrogens is 2. The summed E-state index contributed by atoms with van der Waals surface area (Å²) in [5.41, 5.74) is 1.50. The Bertz CT molecular complexity index is 363. The van der Waals surface area contributed by atoms with E-state index >= 15 is 0 Å². The molecule has 0 aromatic carbocycles. The van der Waals surface area contributed by atoms with E-state index < -0.39 is 0 Å². The molecule has 0 amide bonds. The van der Waals surface area contributed by atoms with E-state index in [2.05, 4.69) is 28.0 Å². The van der Waals surface area contributed by atoms with Crippen molar-refractivity contribution < 1.29 is 0 Å². The molecule has 0 bridgehead atoms. The fourth-order valence-corrected chi connectivity index (χ4v) is 3.17. The van der Waals surface area contributed by atoms with E-state index in [0.29, 0.717) is 5.92 Å². The second kappa shape index (κ2) is 4.21. The third kappa shape index (κ3) is 1.67. The molecule has 3 nitrogen and oxygen atoms in total. The molecule has 2 aliphatic rings. The summed E-state index contributed by atoms with van der Waals surface area (Å²) in [5, 5.41) is 3.44. The first-order chi connectivity index (χ1) is 7.86. The lowest BCUT2D eigenvalue weighted by Crippen LogP contribution is -2.28. The highest BCUT2D eigenvalue weighted by Crippen LogP contribution is 2.32. The average molecular weight is 219 g/mol. The van der Waals surface area contributed by atoms with Crippen LogP contribution in [0.15, 0.2) is 6.20 Å². The van der Waals surface area contributed by atoms with Crippen LogP contribution in [-0.4, -0.2) is 22.6 Å². The maximum Gasteiger partial charge on any atom is 0.111 e. The smallest absolute Gasteiger partial charge is 0.111 e. The Morgan fingerprint density at radius 2 is 2.12 bits per heavy atom. The largest absolute Gasteiger partial charge is 0.332 e. The monoisotopic (exact) mass is 219 g/mol. The molecular formula is C13H21N3. The SMILES string of the molecule is CC1CCCn2c(C3CCNCC3)cnc21. The number of nitrogens with one attached hydrogen (secondary N) is 1. The lowest BCUT2D eigenvalue weighted by atomic mass is 9.94. The number of nitrogens with zero attached hydrogens (tertiary/aromatic N) is 2. The van der Waals surface area contributed by atoms with Gasteiger partial charge < -0.3 is 9.88 Å². The summed E-state index contributed by atoms with van der Waals surface area (Å²) in [5.74, 6) is 2.73. The van der Waals surface area contributed by atoms with Crippen LogP contribution < -0.4 is 5.32 Å². The van der Waals surface area contributed by atoms with Crippen LogP contribution in [0.5, 0.6) is 0 Å². The van der Waals surface area contributed by atoms with Crippen LogP contribution in [0.4, 0.5) is 0 Å². The van der Waals surface area contributed by atoms with Gasteiger partial charge in [-0.1, -0.05) is 6.92 Å². The third-order valence-corrected chi connectivity index (χ3v) is 4.13. The molecule has 16 heavy (non-hydrogen) atoms. The van der Waals surface area contributed by atoms with Crippen LogP contribution in [-0.2, 0) is 6.54 Å². The first kappa shape index (κ1) is 10.3. The Kier molecular flexibility index (Phi) is 2.72. The molecule has 1 aromatic rings. The highest BCUT2D eigenvalue weighted by Gasteiger charge is 2.25. The zero-order chi connectivity index (χ0) is 11.0. The van der Waals surface area contributed by atoms with Gasteiger partial charge in [-0.3, -0.25) is 0 Å². The van der Waals surface area contributed by atoms with Crippen molar-refractivity contribution in [2.45, 2.75) is 51.0 Å². The van der Waals surface area contributed by atoms with Gasteiger partial charge in [-0.15, -0.1) is 0 Å². The van der Waals surface area contributed by atoms with Crippen molar-refractivity contribution in [3.63, 3.8) is 0 Å². The van der Waals surface area contributed by atoms with E-state index in [9.17, 15) is 0 Å². The van der Waals surface area contributed by atoms with Crippen LogP contribution in [0.3, 0.4) is 0 Å². The minimum Gasteiger partial charge on any atom is -0.332 e. The predicted molar refractivity (Wildman–Crippen MR) is 64.7 cm³/mol. The van der Waals surface area contributed by atoms with Gasteiger partial charge in [0.05, 0.1) is 0 Å². The molecule has 1 N–H and O–H groups in total. The van der Waals surface area contributed by atoms with Crippen LogP contribution in [0, 0.1) is 0 Å². The first-order valence-electron chi connectivity index (χ1n) is 6.62. The van der Waals surface area contributed by atoms with Gasteiger partial charge in [0.25, 0.3) is 0 Å². The molecule has 0 spiro atoms. The fraction of sp³-hybridized carbons (Fsp3) is 0.769. The van der Waals surface area contributed by atoms with Gasteiger partial charge in [0.2, 0.25) is 0 Å². The summed E-state index contributed by atoms with van der Waals surface area (Å²) in [7, 11) is 0. The lowest BCUT2D eigenvalue weighted by molar-refractivity contribution is 0.407. The first-order valence-corrected chi connectivity index (χ1v) is 6.62. The Hall–Kier alpha value is -0.830. The van der Waals surface area contributed by atoms with Crippen molar-refractivity contribution >= 4 is 0 Å². The number of hydrogen-bond donors (Lipinski definition) is 1. The fourth-order valence-electron chi connectivity index (χ4n) is 3.17. The van der Waals surface area contributed by atoms with Gasteiger partial charge in [-0.25, -0.2) is 4.98 Å². The molecule has 88 valence electrons. The zero-order valence-corrected chi connectivity index (χ0v) is 10.1. The van der Waals surface area contributed by atoms with Crippen LogP contribution in [0.25, 0.3) is 0 Å². The quantitative estimate of drug-likeness (QED) is 0.785. The molecule has 1 unspecified atom stereocenters. The molecule has 1 atom stereocenters. The van der Waals surface area contributed by atoms with Gasteiger partial charge in [-0.05, 0) is 38.8 Å². The summed E-state index contributed by atoms with van der Waals surface area (Å²) in [6, 6.07) is 0. The topological polar surface area (TPSA) is 29.9 Å². The molecule has 3 heteroatoms. The summed E-state index contributed by atoms with van der Waals surface area (Å²) in [4.78, 5) is 4.66. The summed E-state index contributed by atoms with van der Waals surface area (Å²) >= 11 is 0. The summed E-state index contributed by atoms with van der Waals surface area (Å²) in [6.45, 7) is 5.84. The Labute approximate surface area is 97.3 Å². The minimum absolute atomic E-state index is 0.657. The Morgan fingerprint density at radius 1 is 1.31 bits per heavy atom. The predicted octanol–water partition coefficient (Wildman–Crippen LogP) is 2.25. The summed E-state index contributed by atoms with van der Waals surface area (Å²) < 4.78 is 2.50. The average Bonchev–Trinajstić information content (AvgIpc) is 2.75. The molecule has 3 heterocycles. The van der Waals surface area contributed by atoms with Crippen molar-refractivity contribution in [3.05, 3.63) is 17.7 Å². The van der Waals surface area contributed by atoms with Crippen molar-refractivity contribution in [2.24, 2.45) is 0 Å². The van der Waals surface area contributed by atoms with Gasteiger partial charge >= 0.3 is 0 Å². The number of imidazole rings is 1. The highest BCUT2D eigenvalue weighted by molar-refractivity contribution is 5.15. The maximum atomic E-state index is 4.66. The molecule has 1 aromatic heterocycles. The maximum absolute atomic E-state index is 4.66. The molecule has 0 radical (unpaired) electrons. The van der Waals surface area contributed by atoms with Crippen molar-refractivity contribution in [3.8, 4) is 0 Å². The Balaban J connectivity index is 1.89. The van der Waals surface area contributed by atoms with E-state index in [-0.39, 0.29) is 0 Å².